The molecule has 1 aliphatic rings. The van der Waals surface area contributed by atoms with Gasteiger partial charge in [0.15, 0.2) is 4.32 Å². The van der Waals surface area contributed by atoms with E-state index >= 15 is 0 Å². The summed E-state index contributed by atoms with van der Waals surface area (Å²) in [4.78, 5) is 25.7. The van der Waals surface area contributed by atoms with Gasteiger partial charge in [-0.05, 0) is 72.4 Å². The first kappa shape index (κ1) is 21.3. The molecule has 31 heavy (non-hydrogen) atoms. The Morgan fingerprint density at radius 2 is 1.71 bits per heavy atom. The second kappa shape index (κ2) is 9.47. The van der Waals surface area contributed by atoms with Gasteiger partial charge in [0.1, 0.15) is 11.5 Å². The number of thiocarbonyl (C=S) groups is 1. The summed E-state index contributed by atoms with van der Waals surface area (Å²) >= 11 is 9.75. The number of para-hydroxylation sites is 1. The first-order chi connectivity index (χ1) is 15.0. The monoisotopic (exact) mass is 510 g/mol. The van der Waals surface area contributed by atoms with Crippen LogP contribution in [0.5, 0.6) is 11.5 Å². The summed E-state index contributed by atoms with van der Waals surface area (Å²) < 4.78 is 6.96. The molecule has 3 aromatic carbocycles. The predicted molar refractivity (Wildman–Crippen MR) is 130 cm³/mol. The molecule has 1 N–H and O–H groups in total. The van der Waals surface area contributed by atoms with E-state index in [-0.39, 0.29) is 10.2 Å². The van der Waals surface area contributed by atoms with Gasteiger partial charge in [-0.25, -0.2) is 0 Å². The molecule has 8 heteroatoms. The maximum atomic E-state index is 12.8. The molecule has 154 valence electrons. The number of hydrazine groups is 1. The third kappa shape index (κ3) is 5.22. The van der Waals surface area contributed by atoms with Gasteiger partial charge in [0.25, 0.3) is 11.8 Å². The lowest BCUT2D eigenvalue weighted by Gasteiger charge is -2.15. The molecule has 0 spiro atoms. The highest BCUT2D eigenvalue weighted by Gasteiger charge is 2.33. The van der Waals surface area contributed by atoms with Crippen LogP contribution in [0.1, 0.15) is 15.9 Å². The van der Waals surface area contributed by atoms with Crippen LogP contribution in [-0.2, 0) is 4.79 Å². The first-order valence-electron chi connectivity index (χ1n) is 9.17. The van der Waals surface area contributed by atoms with Crippen LogP contribution in [0.15, 0.2) is 88.2 Å². The zero-order chi connectivity index (χ0) is 21.8. The molecule has 1 fully saturated rings. The van der Waals surface area contributed by atoms with E-state index in [0.29, 0.717) is 16.2 Å². The molecule has 0 radical (unpaired) electrons. The normalized spacial score (nSPS) is 14.7. The van der Waals surface area contributed by atoms with Crippen LogP contribution in [0.4, 0.5) is 0 Å². The maximum Gasteiger partial charge on any atom is 0.285 e. The first-order valence-corrected chi connectivity index (χ1v) is 11.2. The molecule has 2 amide bonds. The lowest BCUT2D eigenvalue weighted by atomic mass is 10.2. The summed E-state index contributed by atoms with van der Waals surface area (Å²) in [5.74, 6) is 0.582. The van der Waals surface area contributed by atoms with Crippen molar-refractivity contribution >= 4 is 62.1 Å². The van der Waals surface area contributed by atoms with Crippen LogP contribution in [0, 0.1) is 0 Å². The average Bonchev–Trinajstić information content (AvgIpc) is 3.02. The number of benzene rings is 3. The van der Waals surface area contributed by atoms with Gasteiger partial charge in [-0.15, -0.1) is 0 Å². The number of thioether (sulfide) groups is 1. The number of carbonyl (C=O) groups is 2. The highest BCUT2D eigenvalue weighted by atomic mass is 79.9. The Bertz CT molecular complexity index is 1180. The number of hydrogen-bond donors (Lipinski definition) is 1. The Labute approximate surface area is 197 Å². The number of nitrogens with zero attached hydrogens (tertiary/aromatic N) is 1. The Hall–Kier alpha value is -2.94. The molecule has 3 aromatic rings. The summed E-state index contributed by atoms with van der Waals surface area (Å²) in [5.41, 5.74) is 3.78. The molecular weight excluding hydrogens is 496 g/mol. The van der Waals surface area contributed by atoms with E-state index in [1.54, 1.807) is 30.3 Å². The molecular formula is C23H15BrN2O3S2. The topological polar surface area (TPSA) is 58.6 Å². The standard InChI is InChI=1S/C23H15BrN2O3S2/c24-17-11-9-16(10-12-17)21(27)25-26-22(28)20(31-23(26)30)14-15-5-4-8-19(13-15)29-18-6-2-1-3-7-18/h1-14H,(H,25,27)/b20-14+. The zero-order valence-corrected chi connectivity index (χ0v) is 19.2. The second-order valence-corrected chi connectivity index (χ2v) is 9.04. The van der Waals surface area contributed by atoms with Crippen molar-refractivity contribution in [3.8, 4) is 11.5 Å². The minimum atomic E-state index is -0.414. The molecule has 1 heterocycles. The number of ether oxygens (including phenoxy) is 1. The van der Waals surface area contributed by atoms with E-state index in [4.69, 9.17) is 17.0 Å². The number of nitrogens with one attached hydrogen (secondary N) is 1. The Kier molecular flexibility index (Phi) is 6.50. The van der Waals surface area contributed by atoms with Gasteiger partial charge >= 0.3 is 0 Å². The van der Waals surface area contributed by atoms with Crippen LogP contribution in [0.25, 0.3) is 6.08 Å². The smallest absolute Gasteiger partial charge is 0.285 e. The number of halogens is 1. The second-order valence-electron chi connectivity index (χ2n) is 6.45. The molecule has 0 aromatic heterocycles. The highest BCUT2D eigenvalue weighted by Crippen LogP contribution is 2.32. The van der Waals surface area contributed by atoms with Crippen molar-refractivity contribution in [1.29, 1.82) is 0 Å². The summed E-state index contributed by atoms with van der Waals surface area (Å²) in [7, 11) is 0. The van der Waals surface area contributed by atoms with Crippen molar-refractivity contribution in [2.24, 2.45) is 0 Å². The van der Waals surface area contributed by atoms with Crippen LogP contribution < -0.4 is 10.2 Å². The Balaban J connectivity index is 1.48. The lowest BCUT2D eigenvalue weighted by molar-refractivity contribution is -0.123. The van der Waals surface area contributed by atoms with E-state index in [1.807, 2.05) is 54.6 Å². The van der Waals surface area contributed by atoms with Crippen LogP contribution in [-0.4, -0.2) is 21.1 Å². The van der Waals surface area contributed by atoms with Gasteiger partial charge in [0.2, 0.25) is 0 Å². The van der Waals surface area contributed by atoms with E-state index in [0.717, 1.165) is 32.6 Å². The van der Waals surface area contributed by atoms with Gasteiger partial charge in [-0.1, -0.05) is 58.0 Å². The van der Waals surface area contributed by atoms with Crippen molar-refractivity contribution in [1.82, 2.24) is 10.4 Å². The lowest BCUT2D eigenvalue weighted by Crippen LogP contribution is -2.44. The number of amides is 2. The van der Waals surface area contributed by atoms with Gasteiger partial charge in [0.05, 0.1) is 4.91 Å². The number of hydrogen-bond acceptors (Lipinski definition) is 5. The van der Waals surface area contributed by atoms with Crippen LogP contribution >= 0.6 is 39.9 Å². The molecule has 0 bridgehead atoms. The fourth-order valence-corrected chi connectivity index (χ4v) is 4.22. The summed E-state index contributed by atoms with van der Waals surface area (Å²) in [6.45, 7) is 0. The van der Waals surface area contributed by atoms with Gasteiger partial charge < -0.3 is 4.74 Å². The molecule has 1 aliphatic heterocycles. The summed E-state index contributed by atoms with van der Waals surface area (Å²) in [5, 5.41) is 1.10. The zero-order valence-electron chi connectivity index (χ0n) is 15.9. The number of rotatable bonds is 5. The van der Waals surface area contributed by atoms with E-state index in [9.17, 15) is 9.59 Å². The van der Waals surface area contributed by atoms with Crippen molar-refractivity contribution in [2.45, 2.75) is 0 Å². The van der Waals surface area contributed by atoms with Gasteiger partial charge in [-0.3, -0.25) is 15.0 Å². The van der Waals surface area contributed by atoms with Crippen molar-refractivity contribution in [2.75, 3.05) is 0 Å². The molecule has 5 nitrogen and oxygen atoms in total. The fraction of sp³-hybridized carbons (Fsp3) is 0. The average molecular weight is 511 g/mol. The highest BCUT2D eigenvalue weighted by molar-refractivity contribution is 9.10. The third-order valence-corrected chi connectivity index (χ3v) is 6.08. The predicted octanol–water partition coefficient (Wildman–Crippen LogP) is 5.79. The molecule has 0 unspecified atom stereocenters. The van der Waals surface area contributed by atoms with E-state index in [2.05, 4.69) is 21.4 Å². The SMILES string of the molecule is O=C(NN1C(=O)/C(=C\c2cccc(Oc3ccccc3)c2)SC1=S)c1ccc(Br)cc1. The van der Waals surface area contributed by atoms with Crippen LogP contribution in [0.2, 0.25) is 0 Å². The van der Waals surface area contributed by atoms with Crippen molar-refractivity contribution < 1.29 is 14.3 Å². The summed E-state index contributed by atoms with van der Waals surface area (Å²) in [6, 6.07) is 23.7. The summed E-state index contributed by atoms with van der Waals surface area (Å²) in [6.07, 6.45) is 1.73. The Morgan fingerprint density at radius 3 is 2.45 bits per heavy atom. The molecule has 0 atom stereocenters. The van der Waals surface area contributed by atoms with Gasteiger partial charge in [-0.2, -0.15) is 5.01 Å². The van der Waals surface area contributed by atoms with E-state index in [1.165, 1.54) is 0 Å². The Morgan fingerprint density at radius 1 is 1.00 bits per heavy atom. The van der Waals surface area contributed by atoms with Crippen molar-refractivity contribution in [3.05, 3.63) is 99.4 Å². The van der Waals surface area contributed by atoms with Crippen molar-refractivity contribution in [3.63, 3.8) is 0 Å². The van der Waals surface area contributed by atoms with Gasteiger partial charge in [0, 0.05) is 10.0 Å². The largest absolute Gasteiger partial charge is 0.457 e. The minimum Gasteiger partial charge on any atom is -0.457 e. The maximum absolute atomic E-state index is 12.8. The molecule has 0 aliphatic carbocycles. The third-order valence-electron chi connectivity index (χ3n) is 4.25. The van der Waals surface area contributed by atoms with E-state index < -0.39 is 5.91 Å². The molecule has 0 saturated carbocycles. The molecule has 4 rings (SSSR count). The fourth-order valence-electron chi connectivity index (χ4n) is 2.78. The quantitative estimate of drug-likeness (QED) is 0.347. The molecule has 1 saturated heterocycles. The minimum absolute atomic E-state index is 0.262. The van der Waals surface area contributed by atoms with Crippen LogP contribution in [0.3, 0.4) is 0 Å². The number of carbonyl (C=O) groups excluding carboxylic acids is 2.